The molecule has 5 heteroatoms. The van der Waals surface area contributed by atoms with Crippen LogP contribution in [0.15, 0.2) is 42.5 Å². The Morgan fingerprint density at radius 1 is 1.15 bits per heavy atom. The number of fused-ring (bicyclic) bond motifs is 1. The van der Waals surface area contributed by atoms with Crippen molar-refractivity contribution >= 4 is 28.8 Å². The minimum Gasteiger partial charge on any atom is -0.618 e. The summed E-state index contributed by atoms with van der Waals surface area (Å²) in [7, 11) is 0. The zero-order chi connectivity index (χ0) is 14.3. The summed E-state index contributed by atoms with van der Waals surface area (Å²) in [6, 6.07) is 13.0. The topological polar surface area (TPSA) is 66.9 Å². The van der Waals surface area contributed by atoms with Crippen LogP contribution in [0.4, 0.5) is 5.69 Å². The average molecular weight is 283 g/mol. The fraction of sp³-hybridized carbons (Fsp3) is 0. The van der Waals surface area contributed by atoms with Crippen molar-refractivity contribution in [1.29, 1.82) is 5.26 Å². The molecule has 1 heterocycles. The zero-order valence-electron chi connectivity index (χ0n) is 10.1. The Morgan fingerprint density at radius 3 is 2.60 bits per heavy atom. The second-order valence-corrected chi connectivity index (χ2v) is 4.70. The number of carbonyl (C=O) groups excluding carboxylic acids is 1. The van der Waals surface area contributed by atoms with E-state index in [9.17, 15) is 10.0 Å². The lowest BCUT2D eigenvalue weighted by Crippen LogP contribution is -2.17. The Balaban J connectivity index is 2.22. The summed E-state index contributed by atoms with van der Waals surface area (Å²) < 4.78 is 0.569. The van der Waals surface area contributed by atoms with Crippen LogP contribution in [0.1, 0.15) is 21.5 Å². The molecule has 0 bridgehead atoms. The molecule has 20 heavy (non-hydrogen) atoms. The quantitative estimate of drug-likeness (QED) is 0.596. The third kappa shape index (κ3) is 1.68. The average Bonchev–Trinajstić information content (AvgIpc) is 2.71. The van der Waals surface area contributed by atoms with Gasteiger partial charge in [-0.25, -0.2) is 0 Å². The summed E-state index contributed by atoms with van der Waals surface area (Å²) in [5.41, 5.74) is 1.19. The Bertz CT molecular complexity index is 819. The second-order valence-electron chi connectivity index (χ2n) is 4.30. The van der Waals surface area contributed by atoms with Crippen molar-refractivity contribution in [1.82, 2.24) is 0 Å². The smallest absolute Gasteiger partial charge is 0.274 e. The van der Waals surface area contributed by atoms with Gasteiger partial charge in [0.2, 0.25) is 5.69 Å². The molecule has 0 radical (unpaired) electrons. The third-order valence-electron chi connectivity index (χ3n) is 3.14. The van der Waals surface area contributed by atoms with E-state index in [0.29, 0.717) is 20.9 Å². The van der Waals surface area contributed by atoms with Crippen molar-refractivity contribution in [3.05, 3.63) is 69.4 Å². The molecule has 0 fully saturated rings. The number of nitriles is 1. The minimum atomic E-state index is -0.416. The standard InChI is InChI=1S/C15H7ClN2O2/c16-12-4-2-1-3-10(12)14-15(19)11-7-9(8-17)5-6-13(11)18(14)20/h1-7H. The maximum absolute atomic E-state index is 12.4. The van der Waals surface area contributed by atoms with Crippen molar-refractivity contribution in [3.8, 4) is 6.07 Å². The van der Waals surface area contributed by atoms with Crippen LogP contribution in [0.2, 0.25) is 5.02 Å². The molecule has 0 aromatic heterocycles. The van der Waals surface area contributed by atoms with Crippen molar-refractivity contribution in [2.24, 2.45) is 0 Å². The number of ketones is 1. The van der Waals surface area contributed by atoms with E-state index in [1.165, 1.54) is 18.2 Å². The van der Waals surface area contributed by atoms with Crippen LogP contribution in [0.25, 0.3) is 0 Å². The van der Waals surface area contributed by atoms with Gasteiger partial charge < -0.3 is 5.21 Å². The number of nitrogens with zero attached hydrogens (tertiary/aromatic N) is 2. The van der Waals surface area contributed by atoms with Gasteiger partial charge in [-0.15, -0.1) is 0 Å². The lowest BCUT2D eigenvalue weighted by molar-refractivity contribution is -0.355. The minimum absolute atomic E-state index is 0.0133. The molecule has 0 saturated heterocycles. The van der Waals surface area contributed by atoms with E-state index in [0.717, 1.165) is 0 Å². The van der Waals surface area contributed by atoms with Gasteiger partial charge in [0.1, 0.15) is 5.56 Å². The van der Waals surface area contributed by atoms with E-state index in [1.54, 1.807) is 24.3 Å². The van der Waals surface area contributed by atoms with Gasteiger partial charge in [-0.2, -0.15) is 10.0 Å². The highest BCUT2D eigenvalue weighted by Gasteiger charge is 2.37. The van der Waals surface area contributed by atoms with Gasteiger partial charge in [0, 0.05) is 6.07 Å². The number of rotatable bonds is 1. The first-order chi connectivity index (χ1) is 9.63. The fourth-order valence-electron chi connectivity index (χ4n) is 2.19. The van der Waals surface area contributed by atoms with Crippen LogP contribution in [-0.4, -0.2) is 16.2 Å². The van der Waals surface area contributed by atoms with Gasteiger partial charge in [0.25, 0.3) is 11.5 Å². The molecule has 0 saturated carbocycles. The second kappa shape index (κ2) is 4.48. The number of hydrogen-bond donors (Lipinski definition) is 0. The lowest BCUT2D eigenvalue weighted by atomic mass is 10.0. The molecule has 0 amide bonds. The van der Waals surface area contributed by atoms with Crippen molar-refractivity contribution < 1.29 is 9.53 Å². The molecule has 2 aromatic rings. The van der Waals surface area contributed by atoms with Gasteiger partial charge in [-0.1, -0.05) is 23.7 Å². The van der Waals surface area contributed by atoms with Crippen LogP contribution in [0.5, 0.6) is 0 Å². The van der Waals surface area contributed by atoms with Crippen LogP contribution < -0.4 is 0 Å². The van der Waals surface area contributed by atoms with E-state index in [-0.39, 0.29) is 17.0 Å². The predicted molar refractivity (Wildman–Crippen MR) is 74.3 cm³/mol. The summed E-state index contributed by atoms with van der Waals surface area (Å²) in [6.07, 6.45) is 0. The van der Waals surface area contributed by atoms with Crippen LogP contribution in [0, 0.1) is 16.5 Å². The highest BCUT2D eigenvalue weighted by atomic mass is 35.5. The van der Waals surface area contributed by atoms with E-state index < -0.39 is 5.78 Å². The summed E-state index contributed by atoms with van der Waals surface area (Å²) in [5.74, 6) is -0.416. The van der Waals surface area contributed by atoms with Gasteiger partial charge in [0.15, 0.2) is 0 Å². The fourth-order valence-corrected chi connectivity index (χ4v) is 2.41. The highest BCUT2D eigenvalue weighted by Crippen LogP contribution is 2.30. The van der Waals surface area contributed by atoms with E-state index in [1.807, 2.05) is 6.07 Å². The molecule has 0 N–H and O–H groups in total. The molecular weight excluding hydrogens is 276 g/mol. The normalized spacial score (nSPS) is 13.3. The third-order valence-corrected chi connectivity index (χ3v) is 3.47. The monoisotopic (exact) mass is 282 g/mol. The number of hydrogen-bond acceptors (Lipinski definition) is 3. The molecule has 3 rings (SSSR count). The number of benzene rings is 2. The molecule has 2 aromatic carbocycles. The van der Waals surface area contributed by atoms with Crippen LogP contribution >= 0.6 is 11.6 Å². The highest BCUT2D eigenvalue weighted by molar-refractivity contribution is 6.54. The Labute approximate surface area is 119 Å². The molecular formula is C15H7ClN2O2. The largest absolute Gasteiger partial charge is 0.618 e. The first kappa shape index (κ1) is 12.4. The first-order valence-corrected chi connectivity index (χ1v) is 6.19. The molecule has 4 nitrogen and oxygen atoms in total. The zero-order valence-corrected chi connectivity index (χ0v) is 10.9. The van der Waals surface area contributed by atoms with E-state index in [4.69, 9.17) is 16.9 Å². The van der Waals surface area contributed by atoms with E-state index in [2.05, 4.69) is 0 Å². The van der Waals surface area contributed by atoms with Crippen molar-refractivity contribution in [3.63, 3.8) is 0 Å². The maximum atomic E-state index is 12.4. The maximum Gasteiger partial charge on any atom is 0.274 e. The summed E-state index contributed by atoms with van der Waals surface area (Å²) >= 11 is 6.05. The molecule has 1 aliphatic heterocycles. The van der Waals surface area contributed by atoms with Crippen LogP contribution in [0.3, 0.4) is 0 Å². The van der Waals surface area contributed by atoms with Crippen molar-refractivity contribution in [2.45, 2.75) is 0 Å². The molecule has 0 atom stereocenters. The summed E-state index contributed by atoms with van der Waals surface area (Å²) in [6.45, 7) is 0. The Morgan fingerprint density at radius 2 is 1.90 bits per heavy atom. The lowest BCUT2D eigenvalue weighted by Gasteiger charge is -2.03. The summed E-state index contributed by atoms with van der Waals surface area (Å²) in [4.78, 5) is 12.4. The SMILES string of the molecule is N#Cc1ccc2c(c1)C(=O)C(c1ccccc1Cl)=[N+]2[O-]. The number of carbonyl (C=O) groups is 1. The molecule has 0 spiro atoms. The van der Waals surface area contributed by atoms with Gasteiger partial charge in [-0.3, -0.25) is 4.79 Å². The molecule has 96 valence electrons. The van der Waals surface area contributed by atoms with E-state index >= 15 is 0 Å². The summed E-state index contributed by atoms with van der Waals surface area (Å²) in [5, 5.41) is 21.5. The van der Waals surface area contributed by atoms with Crippen molar-refractivity contribution in [2.75, 3.05) is 0 Å². The Kier molecular flexibility index (Phi) is 2.78. The van der Waals surface area contributed by atoms with Crippen LogP contribution in [-0.2, 0) is 0 Å². The Hall–Kier alpha value is -2.64. The first-order valence-electron chi connectivity index (χ1n) is 5.81. The molecule has 0 aliphatic carbocycles. The predicted octanol–water partition coefficient (Wildman–Crippen LogP) is 3.04. The molecule has 1 aliphatic rings. The molecule has 0 unspecified atom stereocenters. The van der Waals surface area contributed by atoms with Gasteiger partial charge in [0.05, 0.1) is 22.2 Å². The number of halogens is 1. The van der Waals surface area contributed by atoms with Gasteiger partial charge in [-0.05, 0) is 24.3 Å². The van der Waals surface area contributed by atoms with Gasteiger partial charge >= 0.3 is 0 Å². The number of Topliss-reactive ketones (excluding diaryl/α,β-unsaturated/α-hetero) is 1.